The van der Waals surface area contributed by atoms with E-state index in [1.807, 2.05) is 36.4 Å². The van der Waals surface area contributed by atoms with Gasteiger partial charge in [0.15, 0.2) is 0 Å². The molecule has 0 aliphatic carbocycles. The molecule has 4 heteroatoms. The molecular formula is C15H11BrClNO. The van der Waals surface area contributed by atoms with Crippen molar-refractivity contribution in [1.82, 2.24) is 0 Å². The Hall–Kier alpha value is -1.50. The van der Waals surface area contributed by atoms with Crippen molar-refractivity contribution in [2.75, 3.05) is 0 Å². The van der Waals surface area contributed by atoms with Crippen LogP contribution in [0.5, 0.6) is 11.5 Å². The van der Waals surface area contributed by atoms with Crippen molar-refractivity contribution in [2.45, 2.75) is 11.8 Å². The van der Waals surface area contributed by atoms with Crippen molar-refractivity contribution in [3.8, 4) is 17.6 Å². The Labute approximate surface area is 125 Å². The lowest BCUT2D eigenvalue weighted by molar-refractivity contribution is 0.478. The second kappa shape index (κ2) is 6.60. The van der Waals surface area contributed by atoms with Crippen molar-refractivity contribution >= 4 is 27.5 Å². The molecule has 0 fully saturated rings. The maximum absolute atomic E-state index is 8.62. The number of hydrogen-bond acceptors (Lipinski definition) is 2. The van der Waals surface area contributed by atoms with Gasteiger partial charge in [-0.15, -0.1) is 0 Å². The lowest BCUT2D eigenvalue weighted by Gasteiger charge is -2.10. The van der Waals surface area contributed by atoms with Crippen LogP contribution in [0.25, 0.3) is 0 Å². The third kappa shape index (κ3) is 3.73. The summed E-state index contributed by atoms with van der Waals surface area (Å²) in [5.74, 6) is 1.46. The Morgan fingerprint density at radius 3 is 2.53 bits per heavy atom. The van der Waals surface area contributed by atoms with Gasteiger partial charge in [0.25, 0.3) is 0 Å². The van der Waals surface area contributed by atoms with Crippen molar-refractivity contribution in [2.24, 2.45) is 0 Å². The van der Waals surface area contributed by atoms with E-state index in [4.69, 9.17) is 21.6 Å². The smallest absolute Gasteiger partial charge is 0.132 e. The molecular weight excluding hydrogens is 326 g/mol. The molecule has 2 aromatic rings. The van der Waals surface area contributed by atoms with Gasteiger partial charge in [0, 0.05) is 15.9 Å². The van der Waals surface area contributed by atoms with E-state index in [0.717, 1.165) is 22.6 Å². The van der Waals surface area contributed by atoms with Crippen molar-refractivity contribution < 1.29 is 4.74 Å². The third-order valence-electron chi connectivity index (χ3n) is 2.61. The van der Waals surface area contributed by atoms with Gasteiger partial charge < -0.3 is 4.74 Å². The van der Waals surface area contributed by atoms with E-state index in [-0.39, 0.29) is 0 Å². The number of nitrogens with zero attached hydrogens (tertiary/aromatic N) is 1. The molecule has 2 aromatic carbocycles. The second-order valence-electron chi connectivity index (χ2n) is 3.97. The lowest BCUT2D eigenvalue weighted by atomic mass is 10.1. The highest BCUT2D eigenvalue weighted by molar-refractivity contribution is 9.08. The number of halogens is 2. The van der Waals surface area contributed by atoms with Crippen LogP contribution in [0.3, 0.4) is 0 Å². The quantitative estimate of drug-likeness (QED) is 0.728. The van der Waals surface area contributed by atoms with Crippen molar-refractivity contribution in [3.63, 3.8) is 0 Å². The zero-order valence-corrected chi connectivity index (χ0v) is 12.4. The number of ether oxygens (including phenoxy) is 1. The normalized spacial score (nSPS) is 9.95. The van der Waals surface area contributed by atoms with Crippen LogP contribution in [0.1, 0.15) is 11.1 Å². The minimum absolute atomic E-state index is 0.407. The first-order valence-electron chi connectivity index (χ1n) is 5.71. The van der Waals surface area contributed by atoms with Crippen LogP contribution in [0, 0.1) is 11.3 Å². The highest BCUT2D eigenvalue weighted by Gasteiger charge is 2.05. The molecule has 0 aliphatic heterocycles. The van der Waals surface area contributed by atoms with Crippen LogP contribution in [0.4, 0.5) is 0 Å². The maximum Gasteiger partial charge on any atom is 0.132 e. The molecule has 19 heavy (non-hydrogen) atoms. The number of alkyl halides is 1. The Kier molecular flexibility index (Phi) is 4.84. The van der Waals surface area contributed by atoms with Crippen LogP contribution >= 0.6 is 27.5 Å². The van der Waals surface area contributed by atoms with E-state index in [1.54, 1.807) is 6.07 Å². The fourth-order valence-corrected chi connectivity index (χ4v) is 2.25. The standard InChI is InChI=1S/C15H11BrClNO/c16-10-12-3-4-13(17)9-15(12)19-14-5-1-11(2-6-14)7-8-18/h1-6,9H,7,10H2. The van der Waals surface area contributed by atoms with E-state index in [1.165, 1.54) is 0 Å². The molecule has 0 saturated heterocycles. The molecule has 0 aromatic heterocycles. The molecule has 0 radical (unpaired) electrons. The van der Waals surface area contributed by atoms with Gasteiger partial charge in [-0.2, -0.15) is 5.26 Å². The lowest BCUT2D eigenvalue weighted by Crippen LogP contribution is -1.90. The summed E-state index contributed by atoms with van der Waals surface area (Å²) in [6, 6.07) is 15.1. The zero-order chi connectivity index (χ0) is 13.7. The number of benzene rings is 2. The van der Waals surface area contributed by atoms with Crippen LogP contribution in [0.15, 0.2) is 42.5 Å². The summed E-state index contributed by atoms with van der Waals surface area (Å²) >= 11 is 9.39. The molecule has 2 nitrogen and oxygen atoms in total. The van der Waals surface area contributed by atoms with Crippen molar-refractivity contribution in [1.29, 1.82) is 5.26 Å². The number of nitriles is 1. The van der Waals surface area contributed by atoms with Crippen molar-refractivity contribution in [3.05, 3.63) is 58.6 Å². The fourth-order valence-electron chi connectivity index (χ4n) is 1.63. The summed E-state index contributed by atoms with van der Waals surface area (Å²) in [6.45, 7) is 0. The molecule has 0 atom stereocenters. The molecule has 0 saturated carbocycles. The second-order valence-corrected chi connectivity index (χ2v) is 4.96. The first kappa shape index (κ1) is 13.9. The van der Waals surface area contributed by atoms with Gasteiger partial charge in [-0.1, -0.05) is 45.7 Å². The summed E-state index contributed by atoms with van der Waals surface area (Å²) in [7, 11) is 0. The van der Waals surface area contributed by atoms with Crippen LogP contribution in [-0.2, 0) is 11.8 Å². The summed E-state index contributed by atoms with van der Waals surface area (Å²) in [5, 5.41) is 9.96. The highest BCUT2D eigenvalue weighted by Crippen LogP contribution is 2.30. The third-order valence-corrected chi connectivity index (χ3v) is 3.45. The summed E-state index contributed by atoms with van der Waals surface area (Å²) in [4.78, 5) is 0. The minimum atomic E-state index is 0.407. The number of hydrogen-bond donors (Lipinski definition) is 0. The van der Waals surface area contributed by atoms with E-state index in [9.17, 15) is 0 Å². The molecule has 0 unspecified atom stereocenters. The topological polar surface area (TPSA) is 33.0 Å². The summed E-state index contributed by atoms with van der Waals surface area (Å²) < 4.78 is 5.82. The maximum atomic E-state index is 8.62. The van der Waals surface area contributed by atoms with E-state index >= 15 is 0 Å². The van der Waals surface area contributed by atoms with Gasteiger partial charge in [-0.05, 0) is 29.8 Å². The predicted octanol–water partition coefficient (Wildman–Crippen LogP) is 5.09. The largest absolute Gasteiger partial charge is 0.457 e. The average Bonchev–Trinajstić information content (AvgIpc) is 2.42. The Morgan fingerprint density at radius 2 is 1.89 bits per heavy atom. The molecule has 0 amide bonds. The zero-order valence-electron chi connectivity index (χ0n) is 10.1. The van der Waals surface area contributed by atoms with Gasteiger partial charge >= 0.3 is 0 Å². The average molecular weight is 337 g/mol. The molecule has 0 spiro atoms. The first-order valence-corrected chi connectivity index (χ1v) is 7.21. The SMILES string of the molecule is N#CCc1ccc(Oc2cc(Cl)ccc2CBr)cc1. The minimum Gasteiger partial charge on any atom is -0.457 e. The Morgan fingerprint density at radius 1 is 1.16 bits per heavy atom. The van der Waals surface area contributed by atoms with Gasteiger partial charge in [0.1, 0.15) is 11.5 Å². The van der Waals surface area contributed by atoms with Crippen LogP contribution < -0.4 is 4.74 Å². The Balaban J connectivity index is 2.21. The Bertz CT molecular complexity index is 605. The molecule has 0 N–H and O–H groups in total. The van der Waals surface area contributed by atoms with E-state index < -0.39 is 0 Å². The molecule has 96 valence electrons. The van der Waals surface area contributed by atoms with Crippen LogP contribution in [-0.4, -0.2) is 0 Å². The predicted molar refractivity (Wildman–Crippen MR) is 79.9 cm³/mol. The molecule has 0 heterocycles. The van der Waals surface area contributed by atoms with Gasteiger partial charge in [0.2, 0.25) is 0 Å². The van der Waals surface area contributed by atoms with Gasteiger partial charge in [-0.25, -0.2) is 0 Å². The van der Waals surface area contributed by atoms with Crippen LogP contribution in [0.2, 0.25) is 5.02 Å². The summed E-state index contributed by atoms with van der Waals surface area (Å²) in [5.41, 5.74) is 2.01. The fraction of sp³-hybridized carbons (Fsp3) is 0.133. The van der Waals surface area contributed by atoms with E-state index in [2.05, 4.69) is 22.0 Å². The van der Waals surface area contributed by atoms with Gasteiger partial charge in [0.05, 0.1) is 12.5 Å². The van der Waals surface area contributed by atoms with Gasteiger partial charge in [-0.3, -0.25) is 0 Å². The monoisotopic (exact) mass is 335 g/mol. The molecule has 0 bridgehead atoms. The highest BCUT2D eigenvalue weighted by atomic mass is 79.9. The number of rotatable bonds is 4. The van der Waals surface area contributed by atoms with E-state index in [0.29, 0.717) is 16.8 Å². The summed E-state index contributed by atoms with van der Waals surface area (Å²) in [6.07, 6.45) is 0.407. The molecule has 2 rings (SSSR count). The molecule has 0 aliphatic rings. The first-order chi connectivity index (χ1) is 9.22.